The van der Waals surface area contributed by atoms with Gasteiger partial charge >= 0.3 is 5.97 Å². The first-order valence-corrected chi connectivity index (χ1v) is 7.26. The molecule has 0 spiro atoms. The van der Waals surface area contributed by atoms with Gasteiger partial charge in [-0.25, -0.2) is 9.67 Å². The van der Waals surface area contributed by atoms with E-state index in [4.69, 9.17) is 10.5 Å². The van der Waals surface area contributed by atoms with Crippen LogP contribution in [-0.4, -0.2) is 32.9 Å². The van der Waals surface area contributed by atoms with E-state index in [0.29, 0.717) is 13.0 Å². The predicted molar refractivity (Wildman–Crippen MR) is 77.3 cm³/mol. The number of rotatable bonds is 7. The van der Waals surface area contributed by atoms with Crippen LogP contribution in [0.3, 0.4) is 0 Å². The summed E-state index contributed by atoms with van der Waals surface area (Å²) in [5, 5.41) is 4.49. The zero-order valence-electron chi connectivity index (χ0n) is 13.1. The van der Waals surface area contributed by atoms with Gasteiger partial charge in [-0.2, -0.15) is 5.10 Å². The number of hydrogen-bond acceptors (Lipinski definition) is 5. The maximum Gasteiger partial charge on any atom is 0.325 e. The highest BCUT2D eigenvalue weighted by Gasteiger charge is 2.33. The second-order valence-electron chi connectivity index (χ2n) is 5.29. The van der Waals surface area contributed by atoms with Gasteiger partial charge in [0.1, 0.15) is 11.4 Å². The molecule has 0 bridgehead atoms. The van der Waals surface area contributed by atoms with Gasteiger partial charge in [0.2, 0.25) is 0 Å². The van der Waals surface area contributed by atoms with Crippen molar-refractivity contribution in [1.29, 1.82) is 0 Å². The molecule has 20 heavy (non-hydrogen) atoms. The third kappa shape index (κ3) is 3.79. The second kappa shape index (κ2) is 6.83. The van der Waals surface area contributed by atoms with Gasteiger partial charge in [0, 0.05) is 12.8 Å². The zero-order chi connectivity index (χ0) is 15.3. The molecule has 6 heteroatoms. The fraction of sp³-hybridized carbons (Fsp3) is 0.786. The number of aromatic nitrogens is 3. The fourth-order valence-electron chi connectivity index (χ4n) is 2.23. The Morgan fingerprint density at radius 2 is 2.05 bits per heavy atom. The minimum atomic E-state index is -1.02. The van der Waals surface area contributed by atoms with E-state index < -0.39 is 5.54 Å². The van der Waals surface area contributed by atoms with E-state index in [0.717, 1.165) is 24.5 Å². The summed E-state index contributed by atoms with van der Waals surface area (Å²) in [6.07, 6.45) is 2.06. The summed E-state index contributed by atoms with van der Waals surface area (Å²) < 4.78 is 6.90. The van der Waals surface area contributed by atoms with Crippen LogP contribution in [-0.2, 0) is 22.4 Å². The van der Waals surface area contributed by atoms with Crippen molar-refractivity contribution >= 4 is 5.97 Å². The molecule has 0 fully saturated rings. The van der Waals surface area contributed by atoms with E-state index >= 15 is 0 Å². The Bertz CT molecular complexity index is 454. The monoisotopic (exact) mass is 282 g/mol. The van der Waals surface area contributed by atoms with Crippen molar-refractivity contribution in [3.63, 3.8) is 0 Å². The summed E-state index contributed by atoms with van der Waals surface area (Å²) >= 11 is 0. The lowest BCUT2D eigenvalue weighted by atomic mass is 9.95. The largest absolute Gasteiger partial charge is 0.465 e. The smallest absolute Gasteiger partial charge is 0.325 e. The van der Waals surface area contributed by atoms with Crippen molar-refractivity contribution in [2.24, 2.45) is 5.73 Å². The van der Waals surface area contributed by atoms with Crippen LogP contribution >= 0.6 is 0 Å². The summed E-state index contributed by atoms with van der Waals surface area (Å²) in [5.74, 6) is 1.37. The molecule has 0 saturated carbocycles. The standard InChI is InChI=1S/C14H26N4O2/c1-6-11-16-12(7-2)18(17-11)10(4)9-14(5,15)13(19)20-8-3/h10H,6-9,15H2,1-5H3. The summed E-state index contributed by atoms with van der Waals surface area (Å²) in [6.45, 7) is 9.87. The van der Waals surface area contributed by atoms with Crippen molar-refractivity contribution in [2.45, 2.75) is 65.5 Å². The molecule has 114 valence electrons. The molecule has 0 saturated heterocycles. The SMILES string of the molecule is CCOC(=O)C(C)(N)CC(C)n1nc(CC)nc1CC. The molecule has 6 nitrogen and oxygen atoms in total. The number of ether oxygens (including phenoxy) is 1. The van der Waals surface area contributed by atoms with Gasteiger partial charge in [-0.15, -0.1) is 0 Å². The molecule has 2 atom stereocenters. The van der Waals surface area contributed by atoms with Crippen molar-refractivity contribution < 1.29 is 9.53 Å². The van der Waals surface area contributed by atoms with Crippen LogP contribution in [0.5, 0.6) is 0 Å². The minimum absolute atomic E-state index is 0.00263. The van der Waals surface area contributed by atoms with E-state index in [2.05, 4.69) is 10.1 Å². The van der Waals surface area contributed by atoms with Crippen LogP contribution in [0.1, 0.15) is 58.7 Å². The highest BCUT2D eigenvalue weighted by molar-refractivity contribution is 5.80. The molecule has 0 radical (unpaired) electrons. The lowest BCUT2D eigenvalue weighted by molar-refractivity contribution is -0.149. The number of esters is 1. The summed E-state index contributed by atoms with van der Waals surface area (Å²) in [5.41, 5.74) is 5.06. The number of carbonyl (C=O) groups is 1. The number of nitrogens with zero attached hydrogens (tertiary/aromatic N) is 3. The molecular formula is C14H26N4O2. The Morgan fingerprint density at radius 1 is 1.40 bits per heavy atom. The number of hydrogen-bond donors (Lipinski definition) is 1. The van der Waals surface area contributed by atoms with E-state index in [1.165, 1.54) is 0 Å². The maximum absolute atomic E-state index is 11.9. The van der Waals surface area contributed by atoms with E-state index in [1.807, 2.05) is 25.5 Å². The van der Waals surface area contributed by atoms with Crippen LogP contribution in [0.2, 0.25) is 0 Å². The maximum atomic E-state index is 11.9. The first-order valence-electron chi connectivity index (χ1n) is 7.26. The molecule has 2 unspecified atom stereocenters. The van der Waals surface area contributed by atoms with Crippen molar-refractivity contribution in [3.05, 3.63) is 11.6 Å². The first-order chi connectivity index (χ1) is 9.35. The molecule has 1 rings (SSSR count). The molecule has 0 aliphatic heterocycles. The molecule has 0 aliphatic rings. The van der Waals surface area contributed by atoms with Gasteiger partial charge in [0.25, 0.3) is 0 Å². The number of aryl methyl sites for hydroxylation is 2. The van der Waals surface area contributed by atoms with Gasteiger partial charge < -0.3 is 10.5 Å². The average molecular weight is 282 g/mol. The molecule has 1 heterocycles. The summed E-state index contributed by atoms with van der Waals surface area (Å²) in [7, 11) is 0. The molecule has 1 aromatic heterocycles. The Labute approximate surface area is 120 Å². The number of carbonyl (C=O) groups excluding carboxylic acids is 1. The summed E-state index contributed by atoms with van der Waals surface area (Å²) in [6, 6.07) is -0.00263. The van der Waals surface area contributed by atoms with Crippen LogP contribution in [0.15, 0.2) is 0 Å². The molecule has 1 aromatic rings. The van der Waals surface area contributed by atoms with E-state index in [-0.39, 0.29) is 12.0 Å². The normalized spacial score (nSPS) is 15.7. The zero-order valence-corrected chi connectivity index (χ0v) is 13.1. The number of nitrogens with two attached hydrogens (primary N) is 1. The Hall–Kier alpha value is -1.43. The lowest BCUT2D eigenvalue weighted by Gasteiger charge is -2.26. The molecule has 0 aromatic carbocycles. The molecule has 0 amide bonds. The lowest BCUT2D eigenvalue weighted by Crippen LogP contribution is -2.47. The van der Waals surface area contributed by atoms with Crippen molar-refractivity contribution in [1.82, 2.24) is 14.8 Å². The topological polar surface area (TPSA) is 83.0 Å². The average Bonchev–Trinajstić information content (AvgIpc) is 2.81. The van der Waals surface area contributed by atoms with Gasteiger partial charge in [-0.1, -0.05) is 13.8 Å². The first kappa shape index (κ1) is 16.6. The Kier molecular flexibility index (Phi) is 5.68. The van der Waals surface area contributed by atoms with Gasteiger partial charge in [-0.05, 0) is 27.2 Å². The van der Waals surface area contributed by atoms with Crippen LogP contribution in [0.25, 0.3) is 0 Å². The quantitative estimate of drug-likeness (QED) is 0.769. The Balaban J connectivity index is 2.87. The van der Waals surface area contributed by atoms with Crippen molar-refractivity contribution in [3.8, 4) is 0 Å². The molecular weight excluding hydrogens is 256 g/mol. The molecule has 0 aliphatic carbocycles. The third-order valence-corrected chi connectivity index (χ3v) is 3.26. The van der Waals surface area contributed by atoms with Gasteiger partial charge in [0.15, 0.2) is 5.82 Å². The van der Waals surface area contributed by atoms with E-state index in [9.17, 15) is 4.79 Å². The van der Waals surface area contributed by atoms with Gasteiger partial charge in [0.05, 0.1) is 12.6 Å². The van der Waals surface area contributed by atoms with Crippen LogP contribution in [0.4, 0.5) is 0 Å². The highest BCUT2D eigenvalue weighted by Crippen LogP contribution is 2.21. The second-order valence-corrected chi connectivity index (χ2v) is 5.29. The third-order valence-electron chi connectivity index (χ3n) is 3.26. The highest BCUT2D eigenvalue weighted by atomic mass is 16.5. The van der Waals surface area contributed by atoms with Crippen molar-refractivity contribution in [2.75, 3.05) is 6.61 Å². The van der Waals surface area contributed by atoms with Crippen LogP contribution < -0.4 is 5.73 Å². The Morgan fingerprint density at radius 3 is 2.55 bits per heavy atom. The predicted octanol–water partition coefficient (Wildman–Crippen LogP) is 1.63. The van der Waals surface area contributed by atoms with Crippen LogP contribution in [0, 0.1) is 0 Å². The fourth-order valence-corrected chi connectivity index (χ4v) is 2.23. The summed E-state index contributed by atoms with van der Waals surface area (Å²) in [4.78, 5) is 16.3. The minimum Gasteiger partial charge on any atom is -0.465 e. The van der Waals surface area contributed by atoms with Gasteiger partial charge in [-0.3, -0.25) is 4.79 Å². The van der Waals surface area contributed by atoms with E-state index in [1.54, 1.807) is 13.8 Å². The molecule has 2 N–H and O–H groups in total.